The number of H-pyrrole nitrogens is 2. The van der Waals surface area contributed by atoms with Gasteiger partial charge in [-0.25, -0.2) is 9.97 Å². The van der Waals surface area contributed by atoms with Crippen LogP contribution in [0.2, 0.25) is 0 Å². The third-order valence-electron chi connectivity index (χ3n) is 3.73. The molecule has 0 radical (unpaired) electrons. The van der Waals surface area contributed by atoms with E-state index < -0.39 is 12.6 Å². The van der Waals surface area contributed by atoms with Crippen LogP contribution in [0.3, 0.4) is 0 Å². The highest BCUT2D eigenvalue weighted by atomic mass is 79.9. The van der Waals surface area contributed by atoms with Crippen molar-refractivity contribution in [3.05, 3.63) is 45.9 Å². The SMILES string of the molecule is FC(F)(F)CCNc1cc(Br)cc2[nH]cnc12.Nc1cc(Br)cc2[nH]cnc12. The Morgan fingerprint density at radius 2 is 1.50 bits per heavy atom. The number of nitrogens with one attached hydrogen (secondary N) is 3. The molecule has 2 aromatic carbocycles. The van der Waals surface area contributed by atoms with E-state index in [1.807, 2.05) is 18.2 Å². The quantitative estimate of drug-likeness (QED) is 0.265. The summed E-state index contributed by atoms with van der Waals surface area (Å²) in [6.45, 7) is -0.165. The summed E-state index contributed by atoms with van der Waals surface area (Å²) in [6.07, 6.45) is -1.88. The summed E-state index contributed by atoms with van der Waals surface area (Å²) in [5.74, 6) is 0. The van der Waals surface area contributed by atoms with Crippen LogP contribution in [-0.2, 0) is 0 Å². The van der Waals surface area contributed by atoms with Crippen molar-refractivity contribution in [2.75, 3.05) is 17.6 Å². The fourth-order valence-electron chi connectivity index (χ4n) is 2.53. The van der Waals surface area contributed by atoms with E-state index in [1.54, 1.807) is 12.4 Å². The lowest BCUT2D eigenvalue weighted by atomic mass is 10.2. The molecule has 0 unspecified atom stereocenters. The Morgan fingerprint density at radius 3 is 2.14 bits per heavy atom. The van der Waals surface area contributed by atoms with Crippen LogP contribution in [0.5, 0.6) is 0 Å². The van der Waals surface area contributed by atoms with Crippen molar-refractivity contribution in [1.82, 2.24) is 19.9 Å². The van der Waals surface area contributed by atoms with Crippen molar-refractivity contribution >= 4 is 65.3 Å². The molecule has 4 rings (SSSR count). The fraction of sp³-hybridized carbons (Fsp3) is 0.176. The first-order valence-electron chi connectivity index (χ1n) is 8.04. The number of rotatable bonds is 3. The third-order valence-corrected chi connectivity index (χ3v) is 4.65. The van der Waals surface area contributed by atoms with Gasteiger partial charge in [0, 0.05) is 15.5 Å². The first-order valence-corrected chi connectivity index (χ1v) is 9.63. The molecular formula is C17H15Br2F3N6. The minimum absolute atomic E-state index is 0.165. The van der Waals surface area contributed by atoms with Gasteiger partial charge in [0.05, 0.1) is 41.5 Å². The monoisotopic (exact) mass is 518 g/mol. The Bertz CT molecular complexity index is 1090. The average molecular weight is 520 g/mol. The van der Waals surface area contributed by atoms with Crippen molar-refractivity contribution < 1.29 is 13.2 Å². The zero-order valence-corrected chi connectivity index (χ0v) is 17.4. The summed E-state index contributed by atoms with van der Waals surface area (Å²) in [4.78, 5) is 14.0. The second-order valence-electron chi connectivity index (χ2n) is 5.84. The van der Waals surface area contributed by atoms with E-state index in [1.165, 1.54) is 6.33 Å². The van der Waals surface area contributed by atoms with Crippen molar-refractivity contribution in [2.24, 2.45) is 0 Å². The Hall–Kier alpha value is -2.27. The first-order chi connectivity index (χ1) is 13.2. The number of alkyl halides is 3. The number of aromatic amines is 2. The second-order valence-corrected chi connectivity index (χ2v) is 7.67. The van der Waals surface area contributed by atoms with Gasteiger partial charge in [0.15, 0.2) is 0 Å². The van der Waals surface area contributed by atoms with Crippen LogP contribution < -0.4 is 11.1 Å². The van der Waals surface area contributed by atoms with Crippen LogP contribution in [0.4, 0.5) is 24.5 Å². The van der Waals surface area contributed by atoms with Crippen LogP contribution in [-0.4, -0.2) is 32.7 Å². The van der Waals surface area contributed by atoms with E-state index in [9.17, 15) is 13.2 Å². The number of hydrogen-bond donors (Lipinski definition) is 4. The summed E-state index contributed by atoms with van der Waals surface area (Å²) in [7, 11) is 0. The summed E-state index contributed by atoms with van der Waals surface area (Å²) >= 11 is 6.63. The predicted molar refractivity (Wildman–Crippen MR) is 111 cm³/mol. The van der Waals surface area contributed by atoms with Gasteiger partial charge in [-0.15, -0.1) is 0 Å². The van der Waals surface area contributed by atoms with Gasteiger partial charge >= 0.3 is 6.18 Å². The highest BCUT2D eigenvalue weighted by molar-refractivity contribution is 9.10. The van der Waals surface area contributed by atoms with Crippen molar-refractivity contribution in [3.63, 3.8) is 0 Å². The molecule has 0 atom stereocenters. The second kappa shape index (κ2) is 8.39. The van der Waals surface area contributed by atoms with Crippen molar-refractivity contribution in [3.8, 4) is 0 Å². The lowest BCUT2D eigenvalue weighted by Crippen LogP contribution is -2.14. The molecule has 28 heavy (non-hydrogen) atoms. The molecule has 0 aliphatic carbocycles. The normalized spacial score (nSPS) is 11.5. The van der Waals surface area contributed by atoms with Crippen LogP contribution in [0.25, 0.3) is 22.1 Å². The van der Waals surface area contributed by atoms with Gasteiger partial charge < -0.3 is 21.0 Å². The summed E-state index contributed by atoms with van der Waals surface area (Å²) in [5.41, 5.74) is 10.2. The summed E-state index contributed by atoms with van der Waals surface area (Å²) in [6, 6.07) is 7.30. The number of imidazole rings is 2. The van der Waals surface area contributed by atoms with Gasteiger partial charge in [-0.1, -0.05) is 31.9 Å². The molecule has 6 nitrogen and oxygen atoms in total. The van der Waals surface area contributed by atoms with Gasteiger partial charge in [0.25, 0.3) is 0 Å². The molecule has 5 N–H and O–H groups in total. The topological polar surface area (TPSA) is 95.4 Å². The Labute approximate surface area is 174 Å². The fourth-order valence-corrected chi connectivity index (χ4v) is 3.46. The number of benzene rings is 2. The molecule has 11 heteroatoms. The molecule has 2 aromatic heterocycles. The number of fused-ring (bicyclic) bond motifs is 2. The molecule has 2 heterocycles. The number of halogens is 5. The van der Waals surface area contributed by atoms with E-state index >= 15 is 0 Å². The first kappa shape index (κ1) is 20.5. The summed E-state index contributed by atoms with van der Waals surface area (Å²) < 4.78 is 37.8. The van der Waals surface area contributed by atoms with E-state index in [0.29, 0.717) is 16.9 Å². The Kier molecular flexibility index (Phi) is 6.14. The maximum Gasteiger partial charge on any atom is 0.390 e. The Morgan fingerprint density at radius 1 is 0.929 bits per heavy atom. The van der Waals surface area contributed by atoms with Crippen molar-refractivity contribution in [2.45, 2.75) is 12.6 Å². The maximum atomic E-state index is 12.0. The van der Waals surface area contributed by atoms with Crippen LogP contribution in [0, 0.1) is 0 Å². The van der Waals surface area contributed by atoms with Crippen molar-refractivity contribution in [1.29, 1.82) is 0 Å². The number of aromatic nitrogens is 4. The number of nitrogens with zero attached hydrogens (tertiary/aromatic N) is 2. The van der Waals surface area contributed by atoms with Crippen LogP contribution >= 0.6 is 31.9 Å². The molecule has 0 saturated heterocycles. The van der Waals surface area contributed by atoms with E-state index in [0.717, 1.165) is 25.5 Å². The van der Waals surface area contributed by atoms with Crippen LogP contribution in [0.15, 0.2) is 45.9 Å². The summed E-state index contributed by atoms with van der Waals surface area (Å²) in [5, 5.41) is 2.74. The molecule has 0 spiro atoms. The highest BCUT2D eigenvalue weighted by Crippen LogP contribution is 2.27. The standard InChI is InChI=1S/C10H9BrF3N3.C7H6BrN3/c11-6-3-7(15-2-1-10(12,13)14)9-8(4-6)16-5-17-9;8-4-1-5(9)7-6(2-4)10-3-11-7/h3-5,15H,1-2H2,(H,16,17);1-3H,9H2,(H,10,11). The molecule has 0 amide bonds. The molecule has 0 fully saturated rings. The molecule has 148 valence electrons. The van der Waals surface area contributed by atoms with Gasteiger partial charge in [-0.05, 0) is 24.3 Å². The Balaban J connectivity index is 0.000000176. The molecule has 0 aliphatic rings. The number of hydrogen-bond acceptors (Lipinski definition) is 4. The van der Waals surface area contributed by atoms with E-state index in [-0.39, 0.29) is 6.54 Å². The largest absolute Gasteiger partial charge is 0.397 e. The zero-order chi connectivity index (χ0) is 20.3. The highest BCUT2D eigenvalue weighted by Gasteiger charge is 2.26. The van der Waals surface area contributed by atoms with Gasteiger partial charge in [0.1, 0.15) is 11.0 Å². The maximum absolute atomic E-state index is 12.0. The zero-order valence-electron chi connectivity index (χ0n) is 14.2. The van der Waals surface area contributed by atoms with E-state index in [2.05, 4.69) is 57.1 Å². The molecule has 0 bridgehead atoms. The lowest BCUT2D eigenvalue weighted by molar-refractivity contribution is -0.131. The van der Waals surface area contributed by atoms with Crippen LogP contribution in [0.1, 0.15) is 6.42 Å². The predicted octanol–water partition coefficient (Wildman–Crippen LogP) is 5.60. The molecule has 4 aromatic rings. The van der Waals surface area contributed by atoms with Gasteiger partial charge in [-0.2, -0.15) is 13.2 Å². The molecule has 0 aliphatic heterocycles. The minimum Gasteiger partial charge on any atom is -0.397 e. The minimum atomic E-state index is -4.15. The number of nitrogens with two attached hydrogens (primary N) is 1. The van der Waals surface area contributed by atoms with Gasteiger partial charge in [-0.3, -0.25) is 0 Å². The number of nitrogen functional groups attached to an aromatic ring is 1. The smallest absolute Gasteiger partial charge is 0.390 e. The molecular weight excluding hydrogens is 505 g/mol. The molecule has 0 saturated carbocycles. The van der Waals surface area contributed by atoms with Gasteiger partial charge in [0.2, 0.25) is 0 Å². The number of anilines is 2. The lowest BCUT2D eigenvalue weighted by Gasteiger charge is -2.09. The average Bonchev–Trinajstić information content (AvgIpc) is 3.22. The van der Waals surface area contributed by atoms with E-state index in [4.69, 9.17) is 5.73 Å². The third kappa shape index (κ3) is 5.16.